The molecule has 1 aromatic carbocycles. The quantitative estimate of drug-likeness (QED) is 0.782. The van der Waals surface area contributed by atoms with Crippen LogP contribution in [0.1, 0.15) is 53.6 Å². The molecule has 1 fully saturated rings. The van der Waals surface area contributed by atoms with Gasteiger partial charge >= 0.3 is 0 Å². The summed E-state index contributed by atoms with van der Waals surface area (Å²) in [6.07, 6.45) is 8.10. The number of hydrogen-bond acceptors (Lipinski definition) is 4. The van der Waals surface area contributed by atoms with Crippen LogP contribution in [0, 0.1) is 13.8 Å². The van der Waals surface area contributed by atoms with Gasteiger partial charge in [-0.2, -0.15) is 5.10 Å². The zero-order valence-corrected chi connectivity index (χ0v) is 15.0. The van der Waals surface area contributed by atoms with Gasteiger partial charge in [-0.3, -0.25) is 14.0 Å². The summed E-state index contributed by atoms with van der Waals surface area (Å²) >= 11 is 0. The Balaban J connectivity index is 1.55. The molecular formula is C19H22N6O. The number of aromatic nitrogens is 5. The van der Waals surface area contributed by atoms with Crippen molar-refractivity contribution in [2.45, 2.75) is 45.6 Å². The molecule has 134 valence electrons. The highest BCUT2D eigenvalue weighted by Gasteiger charge is 2.22. The number of nitrogens with zero attached hydrogens (tertiary/aromatic N) is 5. The van der Waals surface area contributed by atoms with Gasteiger partial charge < -0.3 is 5.32 Å². The minimum absolute atomic E-state index is 0.135. The molecule has 0 saturated heterocycles. The Bertz CT molecular complexity index is 935. The Labute approximate surface area is 152 Å². The van der Waals surface area contributed by atoms with Gasteiger partial charge in [0.25, 0.3) is 5.91 Å². The highest BCUT2D eigenvalue weighted by Crippen LogP contribution is 2.30. The molecule has 0 atom stereocenters. The van der Waals surface area contributed by atoms with E-state index in [4.69, 9.17) is 0 Å². The molecule has 1 saturated carbocycles. The maximum Gasteiger partial charge on any atom is 0.259 e. The number of anilines is 1. The van der Waals surface area contributed by atoms with Gasteiger partial charge in [0.15, 0.2) is 0 Å². The van der Waals surface area contributed by atoms with E-state index in [1.54, 1.807) is 12.5 Å². The second-order valence-electron chi connectivity index (χ2n) is 6.78. The molecule has 0 bridgehead atoms. The zero-order chi connectivity index (χ0) is 18.1. The molecule has 2 aromatic heterocycles. The van der Waals surface area contributed by atoms with Crippen LogP contribution in [0.5, 0.6) is 0 Å². The molecule has 1 aliphatic rings. The molecule has 3 aromatic rings. The lowest BCUT2D eigenvalue weighted by Crippen LogP contribution is -2.14. The number of nitrogens with one attached hydrogen (secondary N) is 1. The van der Waals surface area contributed by atoms with Crippen LogP contribution in [0.25, 0.3) is 5.69 Å². The second kappa shape index (κ2) is 6.74. The first kappa shape index (κ1) is 16.5. The molecule has 0 spiro atoms. The first-order valence-electron chi connectivity index (χ1n) is 8.96. The van der Waals surface area contributed by atoms with Gasteiger partial charge in [0.05, 0.1) is 23.5 Å². The maximum atomic E-state index is 12.7. The van der Waals surface area contributed by atoms with Gasteiger partial charge in [0, 0.05) is 11.4 Å². The maximum absolute atomic E-state index is 12.7. The summed E-state index contributed by atoms with van der Waals surface area (Å²) in [5.41, 5.74) is 3.19. The summed E-state index contributed by atoms with van der Waals surface area (Å²) in [7, 11) is 0. The number of benzene rings is 1. The third-order valence-electron chi connectivity index (χ3n) is 5.06. The molecule has 7 nitrogen and oxygen atoms in total. The molecule has 4 rings (SSSR count). The summed E-state index contributed by atoms with van der Waals surface area (Å²) in [6.45, 7) is 3.86. The minimum Gasteiger partial charge on any atom is -0.322 e. The first-order valence-corrected chi connectivity index (χ1v) is 8.96. The zero-order valence-electron chi connectivity index (χ0n) is 15.0. The monoisotopic (exact) mass is 350 g/mol. The van der Waals surface area contributed by atoms with Crippen molar-refractivity contribution in [1.82, 2.24) is 24.5 Å². The molecule has 1 amide bonds. The predicted octanol–water partition coefficient (Wildman–Crippen LogP) is 3.45. The third-order valence-corrected chi connectivity index (χ3v) is 5.06. The Morgan fingerprint density at radius 3 is 2.77 bits per heavy atom. The van der Waals surface area contributed by atoms with Crippen LogP contribution >= 0.6 is 0 Å². The summed E-state index contributed by atoms with van der Waals surface area (Å²) in [4.78, 5) is 12.7. The van der Waals surface area contributed by atoms with E-state index in [9.17, 15) is 4.79 Å². The average Bonchev–Trinajstić information content (AvgIpc) is 3.35. The van der Waals surface area contributed by atoms with Gasteiger partial charge in [-0.1, -0.05) is 18.9 Å². The van der Waals surface area contributed by atoms with Crippen molar-refractivity contribution in [3.8, 4) is 5.69 Å². The topological polar surface area (TPSA) is 77.6 Å². The molecule has 2 heterocycles. The van der Waals surface area contributed by atoms with E-state index < -0.39 is 0 Å². The van der Waals surface area contributed by atoms with E-state index >= 15 is 0 Å². The standard InChI is InChI=1S/C19H22N6O/c1-13-18(11-21-25(13)16-7-3-4-8-16)19(26)22-15-6-5-9-17(10-15)24-12-20-23-14(24)2/h5-6,9-12,16H,3-4,7-8H2,1-2H3,(H,22,26). The summed E-state index contributed by atoms with van der Waals surface area (Å²) < 4.78 is 3.89. The lowest BCUT2D eigenvalue weighted by Gasteiger charge is -2.13. The highest BCUT2D eigenvalue weighted by molar-refractivity contribution is 6.05. The van der Waals surface area contributed by atoms with Crippen LogP contribution < -0.4 is 5.32 Å². The number of carbonyl (C=O) groups is 1. The fourth-order valence-corrected chi connectivity index (χ4v) is 3.64. The van der Waals surface area contributed by atoms with E-state index in [-0.39, 0.29) is 5.91 Å². The Kier molecular flexibility index (Phi) is 4.28. The highest BCUT2D eigenvalue weighted by atomic mass is 16.1. The Morgan fingerprint density at radius 2 is 2.04 bits per heavy atom. The van der Waals surface area contributed by atoms with Crippen LogP contribution in [0.3, 0.4) is 0 Å². The van der Waals surface area contributed by atoms with Gasteiger partial charge in [0.2, 0.25) is 0 Å². The van der Waals surface area contributed by atoms with Gasteiger partial charge in [0.1, 0.15) is 12.2 Å². The van der Waals surface area contributed by atoms with Crippen LogP contribution in [0.4, 0.5) is 5.69 Å². The molecule has 1 N–H and O–H groups in total. The lowest BCUT2D eigenvalue weighted by atomic mass is 10.2. The van der Waals surface area contributed by atoms with Crippen molar-refractivity contribution in [1.29, 1.82) is 0 Å². The number of amides is 1. The molecule has 1 aliphatic carbocycles. The summed E-state index contributed by atoms with van der Waals surface area (Å²) in [5.74, 6) is 0.659. The van der Waals surface area contributed by atoms with E-state index in [0.717, 1.165) is 35.7 Å². The van der Waals surface area contributed by atoms with Crippen molar-refractivity contribution in [2.75, 3.05) is 5.32 Å². The molecule has 7 heteroatoms. The van der Waals surface area contributed by atoms with Crippen molar-refractivity contribution >= 4 is 11.6 Å². The van der Waals surface area contributed by atoms with E-state index in [2.05, 4.69) is 20.6 Å². The molecule has 26 heavy (non-hydrogen) atoms. The van der Waals surface area contributed by atoms with Crippen LogP contribution in [0.15, 0.2) is 36.8 Å². The fraction of sp³-hybridized carbons (Fsp3) is 0.368. The van der Waals surface area contributed by atoms with Gasteiger partial charge in [-0.25, -0.2) is 0 Å². The summed E-state index contributed by atoms with van der Waals surface area (Å²) in [5, 5.41) is 15.3. The first-order chi connectivity index (χ1) is 12.6. The number of rotatable bonds is 4. The molecule has 0 unspecified atom stereocenters. The van der Waals surface area contributed by atoms with Crippen molar-refractivity contribution in [3.63, 3.8) is 0 Å². The predicted molar refractivity (Wildman–Crippen MR) is 98.5 cm³/mol. The summed E-state index contributed by atoms with van der Waals surface area (Å²) in [6, 6.07) is 8.06. The number of aryl methyl sites for hydroxylation is 1. The smallest absolute Gasteiger partial charge is 0.259 e. The van der Waals surface area contributed by atoms with Gasteiger partial charge in [-0.05, 0) is 44.9 Å². The van der Waals surface area contributed by atoms with Crippen LogP contribution in [-0.2, 0) is 0 Å². The van der Waals surface area contributed by atoms with Crippen molar-refractivity contribution in [2.24, 2.45) is 0 Å². The Hall–Kier alpha value is -2.96. The van der Waals surface area contributed by atoms with Crippen LogP contribution in [-0.4, -0.2) is 30.5 Å². The van der Waals surface area contributed by atoms with E-state index in [1.165, 1.54) is 12.8 Å². The normalized spacial score (nSPS) is 14.7. The second-order valence-corrected chi connectivity index (χ2v) is 6.78. The average molecular weight is 350 g/mol. The number of carbonyl (C=O) groups excluding carboxylic acids is 1. The largest absolute Gasteiger partial charge is 0.322 e. The molecule has 0 radical (unpaired) electrons. The molecule has 0 aliphatic heterocycles. The van der Waals surface area contributed by atoms with Crippen molar-refractivity contribution in [3.05, 3.63) is 53.9 Å². The van der Waals surface area contributed by atoms with E-state index in [0.29, 0.717) is 11.6 Å². The van der Waals surface area contributed by atoms with Crippen LogP contribution in [0.2, 0.25) is 0 Å². The third kappa shape index (κ3) is 3.00. The molecular weight excluding hydrogens is 328 g/mol. The Morgan fingerprint density at radius 1 is 1.23 bits per heavy atom. The number of hydrogen-bond donors (Lipinski definition) is 1. The van der Waals surface area contributed by atoms with E-state index in [1.807, 2.05) is 47.4 Å². The fourth-order valence-electron chi connectivity index (χ4n) is 3.64. The van der Waals surface area contributed by atoms with Gasteiger partial charge in [-0.15, -0.1) is 10.2 Å². The minimum atomic E-state index is -0.135. The lowest BCUT2D eigenvalue weighted by molar-refractivity contribution is 0.102. The van der Waals surface area contributed by atoms with Crippen molar-refractivity contribution < 1.29 is 4.79 Å². The SMILES string of the molecule is Cc1nncn1-c1cccc(NC(=O)c2cnn(C3CCCC3)c2C)c1.